The van der Waals surface area contributed by atoms with Gasteiger partial charge in [0.2, 0.25) is 0 Å². The van der Waals surface area contributed by atoms with Crippen molar-refractivity contribution in [1.29, 1.82) is 0 Å². The maximum absolute atomic E-state index is 13.1. The fourth-order valence-corrected chi connectivity index (χ4v) is 8.23. The third-order valence-electron chi connectivity index (χ3n) is 11.8. The molecule has 1 aliphatic heterocycles. The first kappa shape index (κ1) is 42.2. The van der Waals surface area contributed by atoms with E-state index in [-0.39, 0.29) is 36.4 Å². The van der Waals surface area contributed by atoms with Gasteiger partial charge in [-0.2, -0.15) is 0 Å². The molecular weight excluding hydrogens is 681 g/mol. The molecule has 6 nitrogen and oxygen atoms in total. The average molecular weight is 747 g/mol. The highest BCUT2D eigenvalue weighted by atomic mass is 16.5. The number of hydrogen-bond donors (Lipinski definition) is 1. The zero-order valence-corrected chi connectivity index (χ0v) is 35.1. The van der Waals surface area contributed by atoms with E-state index >= 15 is 0 Å². The van der Waals surface area contributed by atoms with E-state index in [9.17, 15) is 9.90 Å². The monoisotopic (exact) mass is 747 g/mol. The molecule has 0 aromatic heterocycles. The maximum atomic E-state index is 13.1. The Morgan fingerprint density at radius 3 is 2.20 bits per heavy atom. The first-order valence-corrected chi connectivity index (χ1v) is 20.7. The minimum absolute atomic E-state index is 0.00952. The Kier molecular flexibility index (Phi) is 14.8. The van der Waals surface area contributed by atoms with Crippen LogP contribution in [0.3, 0.4) is 0 Å². The number of hydrogen-bond acceptors (Lipinski definition) is 6. The van der Waals surface area contributed by atoms with E-state index in [1.54, 1.807) is 0 Å². The summed E-state index contributed by atoms with van der Waals surface area (Å²) in [5.74, 6) is 1.51. The van der Waals surface area contributed by atoms with Gasteiger partial charge in [-0.05, 0) is 125 Å². The number of rotatable bonds is 11. The number of aliphatic hydroxyl groups excluding tert-OH is 1. The van der Waals surface area contributed by atoms with Crippen LogP contribution < -0.4 is 9.47 Å². The Morgan fingerprint density at radius 2 is 1.55 bits per heavy atom. The van der Waals surface area contributed by atoms with Crippen molar-refractivity contribution >= 4 is 5.97 Å². The molecule has 4 atom stereocenters. The van der Waals surface area contributed by atoms with Gasteiger partial charge in [0.1, 0.15) is 18.1 Å². The predicted octanol–water partition coefficient (Wildman–Crippen LogP) is 10.9. The van der Waals surface area contributed by atoms with Crippen LogP contribution >= 0.6 is 0 Å². The minimum atomic E-state index is -0.251. The molecule has 0 saturated heterocycles. The zero-order chi connectivity index (χ0) is 39.8. The summed E-state index contributed by atoms with van der Waals surface area (Å²) in [7, 11) is 0. The molecule has 6 heteroatoms. The van der Waals surface area contributed by atoms with Gasteiger partial charge < -0.3 is 14.6 Å². The second-order valence-electron chi connectivity index (χ2n) is 16.9. The van der Waals surface area contributed by atoms with Crippen molar-refractivity contribution in [3.8, 4) is 11.5 Å². The molecule has 0 amide bonds. The van der Waals surface area contributed by atoms with E-state index in [0.29, 0.717) is 36.4 Å². The number of nitrogens with zero attached hydrogens (tertiary/aromatic N) is 2. The van der Waals surface area contributed by atoms with Gasteiger partial charge in [-0.1, -0.05) is 94.4 Å². The minimum Gasteiger partial charge on any atom is -0.489 e. The number of benzene rings is 4. The van der Waals surface area contributed by atoms with Gasteiger partial charge in [-0.3, -0.25) is 14.6 Å². The number of aliphatic hydroxyl groups is 1. The molecule has 4 aromatic carbocycles. The fraction of sp³-hybridized carbons (Fsp3) is 0.490. The summed E-state index contributed by atoms with van der Waals surface area (Å²) in [4.78, 5) is 18.3. The quantitative estimate of drug-likeness (QED) is 0.122. The largest absolute Gasteiger partial charge is 0.489 e. The van der Waals surface area contributed by atoms with Gasteiger partial charge in [0.05, 0.1) is 12.5 Å². The second-order valence-corrected chi connectivity index (χ2v) is 16.9. The summed E-state index contributed by atoms with van der Waals surface area (Å²) in [6, 6.07) is 33.4. The van der Waals surface area contributed by atoms with Crippen LogP contribution in [0.15, 0.2) is 91.0 Å². The highest BCUT2D eigenvalue weighted by Gasteiger charge is 2.29. The Labute approximate surface area is 331 Å². The Morgan fingerprint density at radius 1 is 0.836 bits per heavy atom. The Balaban J connectivity index is 1.69. The van der Waals surface area contributed by atoms with E-state index in [2.05, 4.69) is 132 Å². The van der Waals surface area contributed by atoms with Gasteiger partial charge >= 0.3 is 5.97 Å². The molecule has 0 spiro atoms. The Hall–Kier alpha value is -3.97. The van der Waals surface area contributed by atoms with Crippen molar-refractivity contribution in [2.24, 2.45) is 11.8 Å². The summed E-state index contributed by atoms with van der Waals surface area (Å²) < 4.78 is 13.0. The molecule has 1 N–H and O–H groups in total. The van der Waals surface area contributed by atoms with E-state index in [1.165, 1.54) is 16.7 Å². The molecule has 4 bridgehead atoms. The van der Waals surface area contributed by atoms with Gasteiger partial charge in [0, 0.05) is 47.1 Å². The van der Waals surface area contributed by atoms with Crippen LogP contribution in [0.25, 0.3) is 0 Å². The lowest BCUT2D eigenvalue weighted by atomic mass is 9.84. The van der Waals surface area contributed by atoms with Crippen molar-refractivity contribution in [2.75, 3.05) is 13.1 Å². The molecule has 0 fully saturated rings. The normalized spacial score (nSPS) is 18.8. The molecule has 0 saturated carbocycles. The van der Waals surface area contributed by atoms with Crippen LogP contribution in [0.4, 0.5) is 0 Å². The summed E-state index contributed by atoms with van der Waals surface area (Å²) in [6.45, 7) is 24.3. The number of ether oxygens (including phenoxy) is 2. The number of esters is 1. The average Bonchev–Trinajstić information content (AvgIpc) is 3.17. The van der Waals surface area contributed by atoms with E-state index < -0.39 is 0 Å². The smallest absolute Gasteiger partial charge is 0.313 e. The van der Waals surface area contributed by atoms with Crippen LogP contribution in [0.5, 0.6) is 11.5 Å². The van der Waals surface area contributed by atoms with Crippen molar-refractivity contribution in [2.45, 2.75) is 131 Å². The standard InChI is InChI=1S/C49H66N2O4/c1-32(2)36(9)50(34(5)6)25-24-44-42-18-14-17-41(29-42)37(10)51(35(7)8)26-23-43(40-15-12-11-13-16-40)46-28-39(20-22-48(46)55-49(53)33(3)4)31-54-47-21-19-38(30-52)27-45(44)47/h11-22,27-29,32-37,43-44,52H,23-26,30-31H2,1-10H3/t36?,37?,43-,44-/m1/s1. The molecule has 0 radical (unpaired) electrons. The molecule has 296 valence electrons. The molecule has 55 heavy (non-hydrogen) atoms. The van der Waals surface area contributed by atoms with Crippen LogP contribution in [-0.4, -0.2) is 52.1 Å². The molecule has 0 aliphatic carbocycles. The van der Waals surface area contributed by atoms with Crippen LogP contribution in [-0.2, 0) is 18.0 Å². The molecular formula is C49H66N2O4. The second kappa shape index (κ2) is 19.3. The molecule has 2 unspecified atom stereocenters. The maximum Gasteiger partial charge on any atom is 0.313 e. The summed E-state index contributed by atoms with van der Waals surface area (Å²) >= 11 is 0. The fourth-order valence-electron chi connectivity index (χ4n) is 8.23. The van der Waals surface area contributed by atoms with Gasteiger partial charge in [0.25, 0.3) is 0 Å². The highest BCUT2D eigenvalue weighted by Crippen LogP contribution is 2.40. The van der Waals surface area contributed by atoms with Crippen molar-refractivity contribution < 1.29 is 19.4 Å². The van der Waals surface area contributed by atoms with Crippen molar-refractivity contribution in [3.63, 3.8) is 0 Å². The van der Waals surface area contributed by atoms with Gasteiger partial charge in [-0.25, -0.2) is 0 Å². The predicted molar refractivity (Wildman–Crippen MR) is 226 cm³/mol. The van der Waals surface area contributed by atoms with E-state index in [1.807, 2.05) is 38.1 Å². The lowest BCUT2D eigenvalue weighted by molar-refractivity contribution is -0.137. The topological polar surface area (TPSA) is 62.2 Å². The lowest BCUT2D eigenvalue weighted by Crippen LogP contribution is -2.42. The molecule has 1 aliphatic rings. The van der Waals surface area contributed by atoms with Crippen molar-refractivity contribution in [1.82, 2.24) is 9.80 Å². The van der Waals surface area contributed by atoms with Crippen LogP contribution in [0.1, 0.15) is 139 Å². The first-order valence-electron chi connectivity index (χ1n) is 20.7. The number of carbonyl (C=O) groups is 1. The van der Waals surface area contributed by atoms with E-state index in [4.69, 9.17) is 9.47 Å². The zero-order valence-electron chi connectivity index (χ0n) is 35.1. The SMILES string of the molecule is CC(C)C(=O)Oc1ccc2cc1[C@@H](c1ccccc1)CCN(C(C)C)C(C)c1cccc(c1)[C@@H](CCN(C(C)C)C(C)C(C)C)c1cc(CO)ccc1OC2. The third kappa shape index (κ3) is 10.5. The van der Waals surface area contributed by atoms with Gasteiger partial charge in [-0.15, -0.1) is 0 Å². The Bertz CT molecular complexity index is 1830. The first-order chi connectivity index (χ1) is 26.3. The molecule has 4 aromatic rings. The number of fused-ring (bicyclic) bond motifs is 5. The van der Waals surface area contributed by atoms with Crippen LogP contribution in [0, 0.1) is 11.8 Å². The summed E-state index contributed by atoms with van der Waals surface area (Å²) in [6.07, 6.45) is 1.75. The molecule has 1 heterocycles. The lowest BCUT2D eigenvalue weighted by Gasteiger charge is -2.37. The summed E-state index contributed by atoms with van der Waals surface area (Å²) in [5.41, 5.74) is 7.70. The number of carbonyl (C=O) groups excluding carboxylic acids is 1. The third-order valence-corrected chi connectivity index (χ3v) is 11.8. The van der Waals surface area contributed by atoms with Crippen LogP contribution in [0.2, 0.25) is 0 Å². The van der Waals surface area contributed by atoms with E-state index in [0.717, 1.165) is 53.9 Å². The highest BCUT2D eigenvalue weighted by molar-refractivity contribution is 5.75. The van der Waals surface area contributed by atoms with Gasteiger partial charge in [0.15, 0.2) is 0 Å². The summed E-state index contributed by atoms with van der Waals surface area (Å²) in [5, 5.41) is 10.4. The molecule has 5 rings (SSSR count). The van der Waals surface area contributed by atoms with Crippen molar-refractivity contribution in [3.05, 3.63) is 130 Å².